The molecule has 0 aromatic carbocycles. The van der Waals surface area contributed by atoms with Gasteiger partial charge in [-0.05, 0) is 5.75 Å². The van der Waals surface area contributed by atoms with Gasteiger partial charge in [0.2, 0.25) is 0 Å². The monoisotopic (exact) mass is 204 g/mol. The third-order valence-electron chi connectivity index (χ3n) is 1.21. The summed E-state index contributed by atoms with van der Waals surface area (Å²) in [6.07, 6.45) is 0. The molecule has 0 unspecified atom stereocenters. The quantitative estimate of drug-likeness (QED) is 0.708. The average molecular weight is 205 g/mol. The van der Waals surface area contributed by atoms with Crippen molar-refractivity contribution in [3.8, 4) is 5.75 Å². The van der Waals surface area contributed by atoms with Crippen LogP contribution in [0.3, 0.4) is 0 Å². The first kappa shape index (κ1) is 9.61. The van der Waals surface area contributed by atoms with Crippen molar-refractivity contribution in [2.45, 2.75) is 11.9 Å². The Bertz CT molecular complexity index is 270. The Balaban J connectivity index is 2.89. The molecular formula is C7H9ClN2OS. The molecule has 1 heterocycles. The fourth-order valence-corrected chi connectivity index (χ4v) is 1.46. The summed E-state index contributed by atoms with van der Waals surface area (Å²) in [6, 6.07) is 1.78. The molecule has 0 saturated carbocycles. The minimum Gasteiger partial charge on any atom is -0.493 e. The zero-order chi connectivity index (χ0) is 8.97. The largest absolute Gasteiger partial charge is 0.493 e. The highest BCUT2D eigenvalue weighted by Gasteiger charge is 2.04. The number of hydrogen-bond acceptors (Lipinski definition) is 4. The summed E-state index contributed by atoms with van der Waals surface area (Å²) >= 11 is 7.29. The van der Waals surface area contributed by atoms with Crippen LogP contribution in [-0.2, 0) is 0 Å². The highest BCUT2D eigenvalue weighted by molar-refractivity contribution is 7.99. The zero-order valence-electron chi connectivity index (χ0n) is 6.87. The van der Waals surface area contributed by atoms with Gasteiger partial charge in [-0.15, -0.1) is 22.0 Å². The summed E-state index contributed by atoms with van der Waals surface area (Å²) in [7, 11) is 1.56. The molecule has 0 spiro atoms. The van der Waals surface area contributed by atoms with Gasteiger partial charge in [-0.25, -0.2) is 0 Å². The van der Waals surface area contributed by atoms with Crippen molar-refractivity contribution in [1.29, 1.82) is 0 Å². The molecule has 12 heavy (non-hydrogen) atoms. The molecule has 3 nitrogen and oxygen atoms in total. The van der Waals surface area contributed by atoms with Gasteiger partial charge in [-0.3, -0.25) is 0 Å². The molecule has 0 radical (unpaired) electrons. The molecule has 1 aromatic heterocycles. The molecule has 0 saturated heterocycles. The molecule has 0 fully saturated rings. The second kappa shape index (κ2) is 4.52. The molecular weight excluding hydrogens is 196 g/mol. The van der Waals surface area contributed by atoms with E-state index in [1.54, 1.807) is 24.9 Å². The van der Waals surface area contributed by atoms with Crippen molar-refractivity contribution < 1.29 is 4.74 Å². The second-order valence-electron chi connectivity index (χ2n) is 1.97. The first-order chi connectivity index (χ1) is 5.77. The summed E-state index contributed by atoms with van der Waals surface area (Å²) in [5.74, 6) is 1.53. The topological polar surface area (TPSA) is 35.0 Å². The van der Waals surface area contributed by atoms with Gasteiger partial charge < -0.3 is 4.74 Å². The van der Waals surface area contributed by atoms with E-state index in [1.165, 1.54) is 0 Å². The molecule has 0 aliphatic carbocycles. The Labute approximate surface area is 80.5 Å². The van der Waals surface area contributed by atoms with Gasteiger partial charge in [0.05, 0.1) is 7.11 Å². The lowest BCUT2D eigenvalue weighted by Crippen LogP contribution is -1.91. The van der Waals surface area contributed by atoms with E-state index in [0.29, 0.717) is 10.9 Å². The maximum Gasteiger partial charge on any atom is 0.193 e. The Morgan fingerprint density at radius 1 is 1.58 bits per heavy atom. The van der Waals surface area contributed by atoms with E-state index in [0.717, 1.165) is 10.8 Å². The number of nitrogens with zero attached hydrogens (tertiary/aromatic N) is 2. The molecule has 0 aliphatic rings. The SMILES string of the molecule is CCSc1cc(OC)c(Cl)nn1. The van der Waals surface area contributed by atoms with Gasteiger partial charge in [0, 0.05) is 6.07 Å². The summed E-state index contributed by atoms with van der Waals surface area (Å²) in [6.45, 7) is 2.05. The van der Waals surface area contributed by atoms with Crippen molar-refractivity contribution in [1.82, 2.24) is 10.2 Å². The van der Waals surface area contributed by atoms with Gasteiger partial charge in [0.25, 0.3) is 0 Å². The Morgan fingerprint density at radius 2 is 2.33 bits per heavy atom. The number of ether oxygens (including phenoxy) is 1. The Kier molecular flexibility index (Phi) is 3.62. The first-order valence-electron chi connectivity index (χ1n) is 3.48. The van der Waals surface area contributed by atoms with Crippen molar-refractivity contribution in [2.75, 3.05) is 12.9 Å². The zero-order valence-corrected chi connectivity index (χ0v) is 8.45. The smallest absolute Gasteiger partial charge is 0.193 e. The minimum absolute atomic E-state index is 0.304. The van der Waals surface area contributed by atoms with Crippen molar-refractivity contribution in [3.63, 3.8) is 0 Å². The molecule has 0 N–H and O–H groups in total. The van der Waals surface area contributed by atoms with E-state index >= 15 is 0 Å². The number of methoxy groups -OCH3 is 1. The minimum atomic E-state index is 0.304. The maximum atomic E-state index is 5.69. The highest BCUT2D eigenvalue weighted by Crippen LogP contribution is 2.25. The third-order valence-corrected chi connectivity index (χ3v) is 2.25. The van der Waals surface area contributed by atoms with Gasteiger partial charge in [0.1, 0.15) is 5.03 Å². The molecule has 0 atom stereocenters. The lowest BCUT2D eigenvalue weighted by atomic mass is 10.5. The summed E-state index contributed by atoms with van der Waals surface area (Å²) in [5, 5.41) is 8.75. The number of halogens is 1. The molecule has 1 aromatic rings. The van der Waals surface area contributed by atoms with Crippen LogP contribution in [0.5, 0.6) is 5.75 Å². The first-order valence-corrected chi connectivity index (χ1v) is 4.84. The van der Waals surface area contributed by atoms with Crippen molar-refractivity contribution in [2.24, 2.45) is 0 Å². The summed E-state index contributed by atoms with van der Waals surface area (Å²) in [4.78, 5) is 0. The predicted molar refractivity (Wildman–Crippen MR) is 50.0 cm³/mol. The van der Waals surface area contributed by atoms with E-state index < -0.39 is 0 Å². The van der Waals surface area contributed by atoms with Crippen molar-refractivity contribution >= 4 is 23.4 Å². The van der Waals surface area contributed by atoms with Crippen LogP contribution in [0.1, 0.15) is 6.92 Å². The van der Waals surface area contributed by atoms with Crippen LogP contribution >= 0.6 is 23.4 Å². The lowest BCUT2D eigenvalue weighted by Gasteiger charge is -2.02. The number of rotatable bonds is 3. The van der Waals surface area contributed by atoms with Crippen LogP contribution in [0.4, 0.5) is 0 Å². The maximum absolute atomic E-state index is 5.69. The molecule has 0 amide bonds. The van der Waals surface area contributed by atoms with Gasteiger partial charge in [-0.1, -0.05) is 18.5 Å². The Morgan fingerprint density at radius 3 is 2.92 bits per heavy atom. The average Bonchev–Trinajstić information content (AvgIpc) is 2.09. The Hall–Kier alpha value is -0.480. The van der Waals surface area contributed by atoms with E-state index in [4.69, 9.17) is 16.3 Å². The fraction of sp³-hybridized carbons (Fsp3) is 0.429. The van der Waals surface area contributed by atoms with Gasteiger partial charge >= 0.3 is 0 Å². The van der Waals surface area contributed by atoms with E-state index in [9.17, 15) is 0 Å². The standard InChI is InChI=1S/C7H9ClN2OS/c1-3-12-6-4-5(11-2)7(8)10-9-6/h4H,3H2,1-2H3. The molecule has 5 heteroatoms. The number of hydrogen-bond donors (Lipinski definition) is 0. The fourth-order valence-electron chi connectivity index (χ4n) is 0.705. The van der Waals surface area contributed by atoms with Gasteiger partial charge in [-0.2, -0.15) is 0 Å². The van der Waals surface area contributed by atoms with Crippen molar-refractivity contribution in [3.05, 3.63) is 11.2 Å². The second-order valence-corrected chi connectivity index (χ2v) is 3.62. The molecule has 66 valence electrons. The van der Waals surface area contributed by atoms with E-state index in [1.807, 2.05) is 6.92 Å². The van der Waals surface area contributed by atoms with Crippen LogP contribution in [-0.4, -0.2) is 23.1 Å². The lowest BCUT2D eigenvalue weighted by molar-refractivity contribution is 0.410. The van der Waals surface area contributed by atoms with E-state index in [-0.39, 0.29) is 0 Å². The van der Waals surface area contributed by atoms with Gasteiger partial charge in [0.15, 0.2) is 10.9 Å². The van der Waals surface area contributed by atoms with Crippen LogP contribution < -0.4 is 4.74 Å². The molecule has 0 aliphatic heterocycles. The van der Waals surface area contributed by atoms with Crippen LogP contribution in [0.15, 0.2) is 11.1 Å². The predicted octanol–water partition coefficient (Wildman–Crippen LogP) is 2.25. The third kappa shape index (κ3) is 2.25. The van der Waals surface area contributed by atoms with Crippen LogP contribution in [0.25, 0.3) is 0 Å². The number of thioether (sulfide) groups is 1. The van der Waals surface area contributed by atoms with Crippen LogP contribution in [0, 0.1) is 0 Å². The summed E-state index contributed by atoms with van der Waals surface area (Å²) < 4.78 is 4.98. The highest BCUT2D eigenvalue weighted by atomic mass is 35.5. The normalized spacial score (nSPS) is 9.92. The molecule has 1 rings (SSSR count). The number of aromatic nitrogens is 2. The summed E-state index contributed by atoms with van der Waals surface area (Å²) in [5.41, 5.74) is 0. The van der Waals surface area contributed by atoms with E-state index in [2.05, 4.69) is 10.2 Å². The molecule has 0 bridgehead atoms. The van der Waals surface area contributed by atoms with Crippen LogP contribution in [0.2, 0.25) is 5.15 Å².